The first-order valence-corrected chi connectivity index (χ1v) is 5.88. The van der Waals surface area contributed by atoms with E-state index in [1.54, 1.807) is 0 Å². The second kappa shape index (κ2) is 6.66. The summed E-state index contributed by atoms with van der Waals surface area (Å²) in [4.78, 5) is 33.9. The molecular formula is C13H12O10. The Bertz CT molecular complexity index is 691. The summed E-state index contributed by atoms with van der Waals surface area (Å²) in [6.45, 7) is 2.19. The minimum Gasteiger partial charge on any atom is -0.504 e. The summed E-state index contributed by atoms with van der Waals surface area (Å²) < 4.78 is 4.45. The van der Waals surface area contributed by atoms with E-state index in [1.165, 1.54) is 0 Å². The molecule has 1 atom stereocenters. The fourth-order valence-electron chi connectivity index (χ4n) is 1.55. The molecule has 0 fully saturated rings. The Kier molecular flexibility index (Phi) is 5.15. The maximum absolute atomic E-state index is 11.8. The van der Waals surface area contributed by atoms with Crippen molar-refractivity contribution >= 4 is 17.7 Å². The first-order chi connectivity index (χ1) is 10.6. The highest BCUT2D eigenvalue weighted by atomic mass is 16.5. The van der Waals surface area contributed by atoms with Crippen molar-refractivity contribution in [3.05, 3.63) is 23.8 Å². The van der Waals surface area contributed by atoms with Crippen LogP contribution in [0.5, 0.6) is 23.0 Å². The average molecular weight is 328 g/mol. The molecule has 0 saturated heterocycles. The Labute approximate surface area is 128 Å². The van der Waals surface area contributed by atoms with Gasteiger partial charge in [-0.15, -0.1) is 0 Å². The lowest BCUT2D eigenvalue weighted by atomic mass is 10.0. The van der Waals surface area contributed by atoms with Gasteiger partial charge in [0.15, 0.2) is 23.4 Å². The van der Waals surface area contributed by atoms with Crippen molar-refractivity contribution in [2.75, 3.05) is 6.61 Å². The molecule has 6 N–H and O–H groups in total. The average Bonchev–Trinajstić information content (AvgIpc) is 2.51. The lowest BCUT2D eigenvalue weighted by Crippen LogP contribution is -2.26. The zero-order valence-electron chi connectivity index (χ0n) is 11.4. The molecule has 0 amide bonds. The molecule has 1 unspecified atom stereocenters. The van der Waals surface area contributed by atoms with Crippen molar-refractivity contribution in [3.8, 4) is 23.0 Å². The molecule has 0 radical (unpaired) electrons. The van der Waals surface area contributed by atoms with Gasteiger partial charge in [0, 0.05) is 0 Å². The number of aliphatic hydroxyl groups is 1. The molecule has 0 aliphatic heterocycles. The van der Waals surface area contributed by atoms with Crippen LogP contribution in [0.4, 0.5) is 0 Å². The number of rotatable bonds is 6. The molecule has 1 aromatic carbocycles. The van der Waals surface area contributed by atoms with Crippen LogP contribution in [0.1, 0.15) is 20.7 Å². The third kappa shape index (κ3) is 3.32. The molecule has 0 saturated carbocycles. The molecule has 124 valence electrons. The minimum atomic E-state index is -1.91. The van der Waals surface area contributed by atoms with Crippen LogP contribution in [0, 0.1) is 0 Å². The number of carboxylic acid groups (broad SMARTS) is 1. The minimum absolute atomic E-state index is 0.761. The maximum atomic E-state index is 11.8. The quantitative estimate of drug-likeness (QED) is 0.172. The molecule has 1 rings (SSSR count). The Balaban J connectivity index is 3.26. The van der Waals surface area contributed by atoms with Crippen LogP contribution in [0.2, 0.25) is 0 Å². The van der Waals surface area contributed by atoms with Crippen LogP contribution in [0.25, 0.3) is 0 Å². The number of phenolic OH excluding ortho intramolecular Hbond substituents is 3. The van der Waals surface area contributed by atoms with Gasteiger partial charge in [0.25, 0.3) is 0 Å². The maximum Gasteiger partial charge on any atom is 0.343 e. The second-order valence-electron chi connectivity index (χ2n) is 4.17. The second-order valence-corrected chi connectivity index (χ2v) is 4.17. The number of hydrogen-bond acceptors (Lipinski definition) is 9. The number of carbonyl (C=O) groups excluding carboxylic acids is 2. The number of phenols is 4. The van der Waals surface area contributed by atoms with Gasteiger partial charge in [-0.1, -0.05) is 6.58 Å². The Morgan fingerprint density at radius 3 is 1.91 bits per heavy atom. The van der Waals surface area contributed by atoms with Crippen LogP contribution in [-0.2, 0) is 9.53 Å². The third-order valence-electron chi connectivity index (χ3n) is 2.72. The van der Waals surface area contributed by atoms with Gasteiger partial charge in [-0.25, -0.2) is 9.59 Å². The number of benzene rings is 1. The molecule has 0 aliphatic rings. The van der Waals surface area contributed by atoms with Crippen molar-refractivity contribution in [2.24, 2.45) is 0 Å². The molecular weight excluding hydrogens is 316 g/mol. The van der Waals surface area contributed by atoms with Crippen LogP contribution >= 0.6 is 0 Å². The number of aromatic carboxylic acids is 1. The predicted molar refractivity (Wildman–Crippen MR) is 71.6 cm³/mol. The standard InChI is InChI=1S/C13H12O10/c1-2-4(14)5(15)3-23-13(22)7-6(12(20)21)8(16)10(18)11(19)9(7)17/h2,5,15-19H,1,3H2,(H,20,21). The van der Waals surface area contributed by atoms with Crippen LogP contribution in [-0.4, -0.2) is 61.1 Å². The number of aliphatic hydroxyl groups excluding tert-OH is 1. The summed E-state index contributed by atoms with van der Waals surface area (Å²) in [5, 5.41) is 55.9. The summed E-state index contributed by atoms with van der Waals surface area (Å²) in [6, 6.07) is 0. The summed E-state index contributed by atoms with van der Waals surface area (Å²) >= 11 is 0. The van der Waals surface area contributed by atoms with Crippen molar-refractivity contribution < 1.29 is 49.8 Å². The van der Waals surface area contributed by atoms with Crippen molar-refractivity contribution in [1.29, 1.82) is 0 Å². The van der Waals surface area contributed by atoms with Gasteiger partial charge in [0.2, 0.25) is 11.5 Å². The van der Waals surface area contributed by atoms with Crippen molar-refractivity contribution in [3.63, 3.8) is 0 Å². The first-order valence-electron chi connectivity index (χ1n) is 5.88. The van der Waals surface area contributed by atoms with Crippen LogP contribution < -0.4 is 0 Å². The van der Waals surface area contributed by atoms with E-state index in [1.807, 2.05) is 0 Å². The topological polar surface area (TPSA) is 182 Å². The summed E-state index contributed by atoms with van der Waals surface area (Å²) in [5.41, 5.74) is -2.39. The van der Waals surface area contributed by atoms with Gasteiger partial charge in [-0.05, 0) is 6.08 Å². The number of carboxylic acids is 1. The molecule has 0 spiro atoms. The van der Waals surface area contributed by atoms with Gasteiger partial charge in [-0.3, -0.25) is 4.79 Å². The monoisotopic (exact) mass is 328 g/mol. The fraction of sp³-hybridized carbons (Fsp3) is 0.154. The number of hydrogen-bond donors (Lipinski definition) is 6. The molecule has 0 aromatic heterocycles. The molecule has 1 aromatic rings. The third-order valence-corrected chi connectivity index (χ3v) is 2.72. The molecule has 0 bridgehead atoms. The van der Waals surface area contributed by atoms with Crippen LogP contribution in [0.3, 0.4) is 0 Å². The summed E-state index contributed by atoms with van der Waals surface area (Å²) in [6.07, 6.45) is -1.01. The Morgan fingerprint density at radius 1 is 1.00 bits per heavy atom. The summed E-state index contributed by atoms with van der Waals surface area (Å²) in [5.74, 6) is -9.78. The predicted octanol–water partition coefficient (Wildman–Crippen LogP) is -0.520. The summed E-state index contributed by atoms with van der Waals surface area (Å²) in [7, 11) is 0. The van der Waals surface area contributed by atoms with E-state index in [4.69, 9.17) is 5.11 Å². The van der Waals surface area contributed by atoms with E-state index < -0.39 is 64.6 Å². The Hall–Kier alpha value is -3.27. The van der Waals surface area contributed by atoms with E-state index in [9.17, 15) is 39.9 Å². The number of esters is 1. The molecule has 23 heavy (non-hydrogen) atoms. The fourth-order valence-corrected chi connectivity index (χ4v) is 1.55. The Morgan fingerprint density at radius 2 is 1.48 bits per heavy atom. The highest BCUT2D eigenvalue weighted by Crippen LogP contribution is 2.47. The highest BCUT2D eigenvalue weighted by molar-refractivity contribution is 6.08. The van der Waals surface area contributed by atoms with Crippen molar-refractivity contribution in [2.45, 2.75) is 6.10 Å². The van der Waals surface area contributed by atoms with Gasteiger partial charge >= 0.3 is 11.9 Å². The van der Waals surface area contributed by atoms with Gasteiger partial charge in [0.05, 0.1) is 0 Å². The number of ether oxygens (including phenoxy) is 1. The normalized spacial score (nSPS) is 11.5. The lowest BCUT2D eigenvalue weighted by Gasteiger charge is -2.14. The smallest absolute Gasteiger partial charge is 0.343 e. The van der Waals surface area contributed by atoms with Crippen molar-refractivity contribution in [1.82, 2.24) is 0 Å². The SMILES string of the molecule is C=CC(=O)C(O)COC(=O)c1c(O)c(O)c(O)c(O)c1C(=O)O. The first kappa shape index (κ1) is 17.8. The molecule has 10 heteroatoms. The van der Waals surface area contributed by atoms with E-state index in [0.29, 0.717) is 0 Å². The van der Waals surface area contributed by atoms with Crippen LogP contribution in [0.15, 0.2) is 12.7 Å². The molecule has 0 aliphatic carbocycles. The highest BCUT2D eigenvalue weighted by Gasteiger charge is 2.32. The van der Waals surface area contributed by atoms with Gasteiger partial charge in [-0.2, -0.15) is 0 Å². The number of ketones is 1. The number of carbonyl (C=O) groups is 3. The van der Waals surface area contributed by atoms with E-state index in [-0.39, 0.29) is 0 Å². The van der Waals surface area contributed by atoms with Gasteiger partial charge in [0.1, 0.15) is 17.7 Å². The van der Waals surface area contributed by atoms with Gasteiger partial charge < -0.3 is 35.4 Å². The zero-order valence-corrected chi connectivity index (χ0v) is 11.4. The van der Waals surface area contributed by atoms with E-state index in [0.717, 1.165) is 6.08 Å². The lowest BCUT2D eigenvalue weighted by molar-refractivity contribution is -0.124. The number of aromatic hydroxyl groups is 4. The van der Waals surface area contributed by atoms with E-state index in [2.05, 4.69) is 11.3 Å². The molecule has 0 heterocycles. The molecule has 10 nitrogen and oxygen atoms in total. The largest absolute Gasteiger partial charge is 0.504 e. The zero-order chi connectivity index (χ0) is 17.9. The van der Waals surface area contributed by atoms with E-state index >= 15 is 0 Å².